The highest BCUT2D eigenvalue weighted by Gasteiger charge is 2.40. The molecule has 1 aromatic heterocycles. The average Bonchev–Trinajstić information content (AvgIpc) is 2.84. The summed E-state index contributed by atoms with van der Waals surface area (Å²) in [5, 5.41) is 5.80. The number of ether oxygens (including phenoxy) is 1. The van der Waals surface area contributed by atoms with Crippen LogP contribution in [-0.4, -0.2) is 36.7 Å². The highest BCUT2D eigenvalue weighted by atomic mass is 32.2. The molecule has 1 aromatic rings. The quantitative estimate of drug-likeness (QED) is 0.769. The van der Waals surface area contributed by atoms with E-state index in [0.29, 0.717) is 0 Å². The minimum atomic E-state index is -3.81. The Labute approximate surface area is 118 Å². The van der Waals surface area contributed by atoms with Crippen molar-refractivity contribution in [3.05, 3.63) is 11.8 Å². The fraction of sp³-hybridized carbons (Fsp3) is 0.667. The third-order valence-corrected chi connectivity index (χ3v) is 5.26. The lowest BCUT2D eigenvalue weighted by molar-refractivity contribution is 0.0521. The Morgan fingerprint density at radius 3 is 2.70 bits per heavy atom. The van der Waals surface area contributed by atoms with Crippen LogP contribution in [0.2, 0.25) is 0 Å². The SMILES string of the molecule is CCOC(=O)c1cn[nH]c1S(=O)(=O)NC1(CC)CCC1. The van der Waals surface area contributed by atoms with Gasteiger partial charge in [-0.05, 0) is 32.6 Å². The van der Waals surface area contributed by atoms with Crippen molar-refractivity contribution in [1.29, 1.82) is 0 Å². The molecule has 1 fully saturated rings. The molecule has 8 heteroatoms. The van der Waals surface area contributed by atoms with Crippen molar-refractivity contribution in [3.8, 4) is 0 Å². The van der Waals surface area contributed by atoms with Crippen LogP contribution >= 0.6 is 0 Å². The van der Waals surface area contributed by atoms with Crippen molar-refractivity contribution in [2.24, 2.45) is 0 Å². The molecule has 20 heavy (non-hydrogen) atoms. The molecule has 1 aliphatic rings. The number of carbonyl (C=O) groups is 1. The zero-order chi connectivity index (χ0) is 14.8. The fourth-order valence-corrected chi connectivity index (χ4v) is 3.92. The first-order valence-electron chi connectivity index (χ1n) is 6.68. The van der Waals surface area contributed by atoms with E-state index in [1.807, 2.05) is 6.92 Å². The van der Waals surface area contributed by atoms with Crippen molar-refractivity contribution in [1.82, 2.24) is 14.9 Å². The van der Waals surface area contributed by atoms with E-state index in [4.69, 9.17) is 4.74 Å². The number of aromatic amines is 1. The molecule has 0 bridgehead atoms. The minimum absolute atomic E-state index is 0.0649. The standard InChI is InChI=1S/C12H19N3O4S/c1-3-12(6-5-7-12)15-20(17,18)10-9(8-13-14-10)11(16)19-4-2/h8,15H,3-7H2,1-2H3,(H,13,14). The van der Waals surface area contributed by atoms with E-state index in [2.05, 4.69) is 14.9 Å². The monoisotopic (exact) mass is 301 g/mol. The number of H-pyrrole nitrogens is 1. The number of nitrogens with zero attached hydrogens (tertiary/aromatic N) is 1. The predicted octanol–water partition coefficient (Wildman–Crippen LogP) is 1.20. The van der Waals surface area contributed by atoms with Crippen LogP contribution in [0.15, 0.2) is 11.2 Å². The molecule has 2 rings (SSSR count). The second kappa shape index (κ2) is 5.53. The molecule has 2 N–H and O–H groups in total. The Bertz CT molecular complexity index is 584. The first kappa shape index (κ1) is 15.0. The van der Waals surface area contributed by atoms with Gasteiger partial charge in [0.1, 0.15) is 5.56 Å². The number of hydrogen-bond donors (Lipinski definition) is 2. The molecule has 0 aliphatic heterocycles. The van der Waals surface area contributed by atoms with Crippen LogP contribution < -0.4 is 4.72 Å². The molecule has 0 spiro atoms. The van der Waals surface area contributed by atoms with E-state index in [-0.39, 0.29) is 17.2 Å². The summed E-state index contributed by atoms with van der Waals surface area (Å²) in [4.78, 5) is 11.7. The summed E-state index contributed by atoms with van der Waals surface area (Å²) < 4.78 is 32.3. The number of rotatable bonds is 6. The van der Waals surface area contributed by atoms with Crippen LogP contribution in [0.25, 0.3) is 0 Å². The predicted molar refractivity (Wildman–Crippen MR) is 71.7 cm³/mol. The zero-order valence-electron chi connectivity index (χ0n) is 11.6. The lowest BCUT2D eigenvalue weighted by Crippen LogP contribution is -2.53. The summed E-state index contributed by atoms with van der Waals surface area (Å²) in [5.74, 6) is -0.694. The first-order chi connectivity index (χ1) is 9.44. The maximum absolute atomic E-state index is 12.4. The average molecular weight is 301 g/mol. The molecule has 1 aliphatic carbocycles. The molecule has 1 saturated carbocycles. The van der Waals surface area contributed by atoms with Gasteiger partial charge in [-0.1, -0.05) is 6.92 Å². The molecule has 1 heterocycles. The van der Waals surface area contributed by atoms with Gasteiger partial charge < -0.3 is 4.74 Å². The lowest BCUT2D eigenvalue weighted by atomic mass is 9.76. The van der Waals surface area contributed by atoms with Crippen LogP contribution in [0, 0.1) is 0 Å². The molecule has 0 saturated heterocycles. The van der Waals surface area contributed by atoms with E-state index in [0.717, 1.165) is 25.7 Å². The van der Waals surface area contributed by atoms with E-state index in [1.165, 1.54) is 6.20 Å². The normalized spacial score (nSPS) is 17.5. The number of sulfonamides is 1. The smallest absolute Gasteiger partial charge is 0.342 e. The van der Waals surface area contributed by atoms with Crippen LogP contribution in [0.3, 0.4) is 0 Å². The maximum Gasteiger partial charge on any atom is 0.342 e. The molecule has 0 atom stereocenters. The summed E-state index contributed by atoms with van der Waals surface area (Å²) in [7, 11) is -3.81. The molecule has 0 radical (unpaired) electrons. The van der Waals surface area contributed by atoms with Crippen molar-refractivity contribution >= 4 is 16.0 Å². The van der Waals surface area contributed by atoms with Gasteiger partial charge in [-0.2, -0.15) is 5.10 Å². The summed E-state index contributed by atoms with van der Waals surface area (Å²) >= 11 is 0. The molecule has 112 valence electrons. The summed E-state index contributed by atoms with van der Waals surface area (Å²) in [6, 6.07) is 0. The van der Waals surface area contributed by atoms with Gasteiger partial charge in [0.2, 0.25) is 0 Å². The minimum Gasteiger partial charge on any atom is -0.462 e. The van der Waals surface area contributed by atoms with E-state index in [1.54, 1.807) is 6.92 Å². The van der Waals surface area contributed by atoms with Crippen LogP contribution in [-0.2, 0) is 14.8 Å². The Balaban J connectivity index is 2.26. The van der Waals surface area contributed by atoms with Crippen molar-refractivity contribution < 1.29 is 17.9 Å². The highest BCUT2D eigenvalue weighted by Crippen LogP contribution is 2.36. The Hall–Kier alpha value is -1.41. The van der Waals surface area contributed by atoms with Gasteiger partial charge in [0.05, 0.1) is 12.8 Å². The van der Waals surface area contributed by atoms with Crippen molar-refractivity contribution in [2.75, 3.05) is 6.61 Å². The molecular weight excluding hydrogens is 282 g/mol. The van der Waals surface area contributed by atoms with E-state index in [9.17, 15) is 13.2 Å². The fourth-order valence-electron chi connectivity index (χ4n) is 2.30. The van der Waals surface area contributed by atoms with Crippen LogP contribution in [0.4, 0.5) is 0 Å². The van der Waals surface area contributed by atoms with Gasteiger partial charge >= 0.3 is 5.97 Å². The lowest BCUT2D eigenvalue weighted by Gasteiger charge is -2.41. The third-order valence-electron chi connectivity index (χ3n) is 3.71. The summed E-state index contributed by atoms with van der Waals surface area (Å²) in [6.07, 6.45) is 4.52. The number of nitrogens with one attached hydrogen (secondary N) is 2. The number of carbonyl (C=O) groups excluding carboxylic acids is 1. The summed E-state index contributed by atoms with van der Waals surface area (Å²) in [6.45, 7) is 3.78. The number of hydrogen-bond acceptors (Lipinski definition) is 5. The van der Waals surface area contributed by atoms with Crippen molar-refractivity contribution in [3.63, 3.8) is 0 Å². The van der Waals surface area contributed by atoms with Gasteiger partial charge in [-0.15, -0.1) is 0 Å². The highest BCUT2D eigenvalue weighted by molar-refractivity contribution is 7.89. The molecule has 0 aromatic carbocycles. The number of aromatic nitrogens is 2. The summed E-state index contributed by atoms with van der Waals surface area (Å²) in [5.41, 5.74) is -0.458. The van der Waals surface area contributed by atoms with Crippen LogP contribution in [0.1, 0.15) is 49.9 Å². The molecular formula is C12H19N3O4S. The third kappa shape index (κ3) is 2.71. The topological polar surface area (TPSA) is 101 Å². The zero-order valence-corrected chi connectivity index (χ0v) is 12.4. The second-order valence-corrected chi connectivity index (χ2v) is 6.55. The Morgan fingerprint density at radius 2 is 2.20 bits per heavy atom. The molecule has 0 amide bonds. The first-order valence-corrected chi connectivity index (χ1v) is 8.17. The van der Waals surface area contributed by atoms with Gasteiger partial charge in [0, 0.05) is 5.54 Å². The Morgan fingerprint density at radius 1 is 1.50 bits per heavy atom. The molecule has 7 nitrogen and oxygen atoms in total. The second-order valence-electron chi connectivity index (χ2n) is 4.93. The van der Waals surface area contributed by atoms with Crippen molar-refractivity contribution in [2.45, 2.75) is 50.1 Å². The van der Waals surface area contributed by atoms with Gasteiger partial charge in [-0.25, -0.2) is 17.9 Å². The molecule has 0 unspecified atom stereocenters. The van der Waals surface area contributed by atoms with Crippen LogP contribution in [0.5, 0.6) is 0 Å². The number of esters is 1. The largest absolute Gasteiger partial charge is 0.462 e. The van der Waals surface area contributed by atoms with Gasteiger partial charge in [0.15, 0.2) is 5.03 Å². The maximum atomic E-state index is 12.4. The van der Waals surface area contributed by atoms with Gasteiger partial charge in [-0.3, -0.25) is 5.10 Å². The van der Waals surface area contributed by atoms with Gasteiger partial charge in [0.25, 0.3) is 10.0 Å². The Kier molecular flexibility index (Phi) is 4.14. The van der Waals surface area contributed by atoms with E-state index >= 15 is 0 Å². The van der Waals surface area contributed by atoms with E-state index < -0.39 is 21.5 Å².